The molecule has 0 aliphatic heterocycles. The Morgan fingerprint density at radius 1 is 1.25 bits per heavy atom. The van der Waals surface area contributed by atoms with E-state index in [1.165, 1.54) is 24.3 Å². The molecule has 0 aliphatic carbocycles. The second-order valence-electron chi connectivity index (χ2n) is 3.91. The molecule has 1 aromatic carbocycles. The SMILES string of the molecule is O=S(=O)(c1ccc(NCc2cc(Br)cs2)cc1)C(F)F. The van der Waals surface area contributed by atoms with Gasteiger partial charge in [0, 0.05) is 27.0 Å². The van der Waals surface area contributed by atoms with E-state index in [2.05, 4.69) is 21.2 Å². The minimum Gasteiger partial charge on any atom is -0.380 e. The lowest BCUT2D eigenvalue weighted by atomic mass is 10.3. The molecule has 3 nitrogen and oxygen atoms in total. The van der Waals surface area contributed by atoms with E-state index in [4.69, 9.17) is 0 Å². The monoisotopic (exact) mass is 381 g/mol. The van der Waals surface area contributed by atoms with Gasteiger partial charge in [-0.05, 0) is 46.3 Å². The number of hydrogen-bond acceptors (Lipinski definition) is 4. The molecule has 1 heterocycles. The van der Waals surface area contributed by atoms with Crippen LogP contribution >= 0.6 is 27.3 Å². The number of sulfone groups is 1. The third-order valence-corrected chi connectivity index (χ3v) is 5.60. The van der Waals surface area contributed by atoms with Crippen molar-refractivity contribution in [3.63, 3.8) is 0 Å². The molecule has 20 heavy (non-hydrogen) atoms. The van der Waals surface area contributed by atoms with Crippen molar-refractivity contribution in [3.8, 4) is 0 Å². The van der Waals surface area contributed by atoms with Crippen LogP contribution in [0.1, 0.15) is 4.88 Å². The molecule has 0 saturated carbocycles. The van der Waals surface area contributed by atoms with E-state index in [1.807, 2.05) is 11.4 Å². The van der Waals surface area contributed by atoms with E-state index in [1.54, 1.807) is 11.3 Å². The highest BCUT2D eigenvalue weighted by atomic mass is 79.9. The lowest BCUT2D eigenvalue weighted by molar-refractivity contribution is 0.234. The van der Waals surface area contributed by atoms with E-state index in [9.17, 15) is 17.2 Å². The first-order valence-electron chi connectivity index (χ1n) is 5.48. The number of nitrogens with one attached hydrogen (secondary N) is 1. The minimum atomic E-state index is -4.52. The Morgan fingerprint density at radius 2 is 1.90 bits per heavy atom. The summed E-state index contributed by atoms with van der Waals surface area (Å²) in [5.41, 5.74) is 0.669. The minimum absolute atomic E-state index is 0.378. The van der Waals surface area contributed by atoms with Crippen LogP contribution in [0.25, 0.3) is 0 Å². The van der Waals surface area contributed by atoms with Crippen molar-refractivity contribution in [3.05, 3.63) is 45.1 Å². The van der Waals surface area contributed by atoms with Crippen LogP contribution in [0.4, 0.5) is 14.5 Å². The smallest absolute Gasteiger partial charge is 0.341 e. The molecule has 0 amide bonds. The fourth-order valence-corrected chi connectivity index (χ4v) is 3.61. The molecule has 0 radical (unpaired) electrons. The summed E-state index contributed by atoms with van der Waals surface area (Å²) in [7, 11) is -4.52. The first-order valence-corrected chi connectivity index (χ1v) is 8.70. The predicted molar refractivity (Wildman–Crippen MR) is 79.0 cm³/mol. The summed E-state index contributed by atoms with van der Waals surface area (Å²) in [5.74, 6) is -3.40. The number of alkyl halides is 2. The second-order valence-corrected chi connectivity index (χ2v) is 7.74. The van der Waals surface area contributed by atoms with Gasteiger partial charge in [0.05, 0.1) is 4.90 Å². The zero-order valence-electron chi connectivity index (χ0n) is 10.0. The van der Waals surface area contributed by atoms with Crippen LogP contribution in [0.15, 0.2) is 45.1 Å². The molecule has 0 saturated heterocycles. The highest BCUT2D eigenvalue weighted by molar-refractivity contribution is 9.10. The third-order valence-electron chi connectivity index (χ3n) is 2.51. The second kappa shape index (κ2) is 6.19. The van der Waals surface area contributed by atoms with Crippen LogP contribution < -0.4 is 5.32 Å². The number of benzene rings is 1. The maximum absolute atomic E-state index is 12.4. The van der Waals surface area contributed by atoms with Gasteiger partial charge in [0.25, 0.3) is 0 Å². The number of hydrogen-bond donors (Lipinski definition) is 1. The normalized spacial score (nSPS) is 11.8. The van der Waals surface area contributed by atoms with Crippen LogP contribution in [-0.2, 0) is 16.4 Å². The number of thiophene rings is 1. The highest BCUT2D eigenvalue weighted by Crippen LogP contribution is 2.23. The fraction of sp³-hybridized carbons (Fsp3) is 0.167. The molecule has 108 valence electrons. The Bertz CT molecular complexity index is 684. The van der Waals surface area contributed by atoms with Crippen LogP contribution in [0, 0.1) is 0 Å². The largest absolute Gasteiger partial charge is 0.380 e. The van der Waals surface area contributed by atoms with Crippen molar-refractivity contribution < 1.29 is 17.2 Å². The topological polar surface area (TPSA) is 46.2 Å². The predicted octanol–water partition coefficient (Wildman–Crippen LogP) is 4.12. The van der Waals surface area contributed by atoms with Gasteiger partial charge in [-0.2, -0.15) is 8.78 Å². The number of halogens is 3. The molecule has 0 fully saturated rings. The van der Waals surface area contributed by atoms with Gasteiger partial charge in [0.1, 0.15) is 0 Å². The van der Waals surface area contributed by atoms with Gasteiger partial charge in [0.15, 0.2) is 0 Å². The van der Waals surface area contributed by atoms with Gasteiger partial charge in [-0.3, -0.25) is 0 Å². The summed E-state index contributed by atoms with van der Waals surface area (Å²) >= 11 is 4.92. The van der Waals surface area contributed by atoms with Crippen molar-refractivity contribution in [2.24, 2.45) is 0 Å². The Labute approximate surface area is 127 Å². The standard InChI is InChI=1S/C12H10BrF2NO2S2/c13-8-5-10(19-7-8)6-16-9-1-3-11(4-2-9)20(17,18)12(14)15/h1-5,7,12,16H,6H2. The third kappa shape index (κ3) is 3.56. The molecule has 0 spiro atoms. The molecule has 0 aliphatic rings. The summed E-state index contributed by atoms with van der Waals surface area (Å²) in [6.07, 6.45) is 0. The molecule has 1 N–H and O–H groups in total. The Balaban J connectivity index is 2.05. The fourth-order valence-electron chi connectivity index (χ4n) is 1.50. The average molecular weight is 382 g/mol. The first-order chi connectivity index (χ1) is 9.39. The van der Waals surface area contributed by atoms with Crippen molar-refractivity contribution >= 4 is 42.8 Å². The summed E-state index contributed by atoms with van der Waals surface area (Å²) < 4.78 is 48.2. The van der Waals surface area contributed by atoms with E-state index < -0.39 is 15.6 Å². The Kier molecular flexibility index (Phi) is 4.77. The Morgan fingerprint density at radius 3 is 2.40 bits per heavy atom. The molecular weight excluding hydrogens is 372 g/mol. The van der Waals surface area contributed by atoms with Crippen molar-refractivity contribution in [2.75, 3.05) is 5.32 Å². The van der Waals surface area contributed by atoms with Gasteiger partial charge in [-0.25, -0.2) is 8.42 Å². The molecule has 0 unspecified atom stereocenters. The van der Waals surface area contributed by atoms with Gasteiger partial charge in [-0.1, -0.05) is 0 Å². The Hall–Kier alpha value is -0.990. The van der Waals surface area contributed by atoms with E-state index in [-0.39, 0.29) is 4.90 Å². The van der Waals surface area contributed by atoms with Crippen LogP contribution in [0.3, 0.4) is 0 Å². The van der Waals surface area contributed by atoms with E-state index >= 15 is 0 Å². The summed E-state index contributed by atoms with van der Waals surface area (Å²) in [6, 6.07) is 7.26. The summed E-state index contributed by atoms with van der Waals surface area (Å²) in [4.78, 5) is 0.720. The summed E-state index contributed by atoms with van der Waals surface area (Å²) in [5, 5.41) is 5.04. The van der Waals surface area contributed by atoms with E-state index in [0.29, 0.717) is 12.2 Å². The zero-order valence-corrected chi connectivity index (χ0v) is 13.2. The molecule has 0 atom stereocenters. The van der Waals surface area contributed by atoms with Crippen molar-refractivity contribution in [2.45, 2.75) is 17.2 Å². The quantitative estimate of drug-likeness (QED) is 0.846. The number of rotatable bonds is 5. The zero-order chi connectivity index (χ0) is 14.8. The van der Waals surface area contributed by atoms with Crippen molar-refractivity contribution in [1.29, 1.82) is 0 Å². The van der Waals surface area contributed by atoms with E-state index in [0.717, 1.165) is 9.35 Å². The van der Waals surface area contributed by atoms with Crippen LogP contribution in [0.2, 0.25) is 0 Å². The van der Waals surface area contributed by atoms with Gasteiger partial charge >= 0.3 is 5.76 Å². The molecule has 2 rings (SSSR count). The van der Waals surface area contributed by atoms with Crippen LogP contribution in [-0.4, -0.2) is 14.2 Å². The lowest BCUT2D eigenvalue weighted by Crippen LogP contribution is -2.11. The summed E-state index contributed by atoms with van der Waals surface area (Å²) in [6.45, 7) is 0.581. The number of anilines is 1. The highest BCUT2D eigenvalue weighted by Gasteiger charge is 2.26. The van der Waals surface area contributed by atoms with Gasteiger partial charge in [-0.15, -0.1) is 11.3 Å². The molecule has 8 heteroatoms. The van der Waals surface area contributed by atoms with Crippen LogP contribution in [0.5, 0.6) is 0 Å². The molecule has 0 bridgehead atoms. The lowest BCUT2D eigenvalue weighted by Gasteiger charge is -2.07. The molecule has 1 aromatic heterocycles. The van der Waals surface area contributed by atoms with Crippen molar-refractivity contribution in [1.82, 2.24) is 0 Å². The maximum atomic E-state index is 12.4. The first kappa shape index (κ1) is 15.4. The molecule has 2 aromatic rings. The van der Waals surface area contributed by atoms with Gasteiger partial charge in [0.2, 0.25) is 9.84 Å². The van der Waals surface area contributed by atoms with Gasteiger partial charge < -0.3 is 5.32 Å². The maximum Gasteiger partial charge on any atom is 0.341 e. The molecular formula is C12H10BrF2NO2S2. The average Bonchev–Trinajstić information content (AvgIpc) is 2.82.